The molecule has 3 rings (SSSR count). The van der Waals surface area contributed by atoms with E-state index in [2.05, 4.69) is 62.4 Å². The molecule has 0 saturated carbocycles. The van der Waals surface area contributed by atoms with Gasteiger partial charge in [0.05, 0.1) is 0 Å². The number of carboxylic acids is 1. The minimum Gasteiger partial charge on any atom is -0.481 e. The first-order valence-electron chi connectivity index (χ1n) is 10.9. The summed E-state index contributed by atoms with van der Waals surface area (Å²) in [5.41, 5.74) is 3.82. The van der Waals surface area contributed by atoms with Gasteiger partial charge in [-0.15, -0.1) is 0 Å². The van der Waals surface area contributed by atoms with Crippen molar-refractivity contribution in [1.82, 2.24) is 10.2 Å². The third-order valence-electron chi connectivity index (χ3n) is 5.62. The van der Waals surface area contributed by atoms with Crippen molar-refractivity contribution < 1.29 is 9.90 Å². The van der Waals surface area contributed by atoms with Crippen LogP contribution >= 0.6 is 34.8 Å². The van der Waals surface area contributed by atoms with Crippen LogP contribution < -0.4 is 10.6 Å². The van der Waals surface area contributed by atoms with E-state index in [-0.39, 0.29) is 6.42 Å². The second kappa shape index (κ2) is 12.4. The number of hydrogen-bond acceptors (Lipinski definition) is 3. The van der Waals surface area contributed by atoms with Crippen molar-refractivity contribution in [3.8, 4) is 0 Å². The fourth-order valence-corrected chi connectivity index (χ4v) is 4.74. The number of aliphatic carboxylic acids is 1. The van der Waals surface area contributed by atoms with Crippen LogP contribution in [0.1, 0.15) is 49.3 Å². The van der Waals surface area contributed by atoms with Crippen LogP contribution in [0, 0.1) is 3.57 Å². The molecule has 7 heteroatoms. The summed E-state index contributed by atoms with van der Waals surface area (Å²) in [6, 6.07) is 17.2. The van der Waals surface area contributed by atoms with E-state index in [1.165, 1.54) is 21.1 Å². The third-order valence-corrected chi connectivity index (χ3v) is 6.59. The summed E-state index contributed by atoms with van der Waals surface area (Å²) in [5, 5.41) is 16.2. The minimum atomic E-state index is -0.724. The van der Waals surface area contributed by atoms with Gasteiger partial charge in [0.15, 0.2) is 5.11 Å². The van der Waals surface area contributed by atoms with Crippen molar-refractivity contribution in [3.05, 3.63) is 63.2 Å². The van der Waals surface area contributed by atoms with Gasteiger partial charge in [0, 0.05) is 34.8 Å². The molecule has 0 spiro atoms. The van der Waals surface area contributed by atoms with E-state index < -0.39 is 5.97 Å². The van der Waals surface area contributed by atoms with Crippen LogP contribution in [0.4, 0.5) is 5.69 Å². The Balaban J connectivity index is 1.52. The normalized spacial score (nSPS) is 15.4. The Morgan fingerprint density at radius 3 is 2.65 bits per heavy atom. The number of aryl methyl sites for hydroxylation is 1. The molecule has 5 nitrogen and oxygen atoms in total. The van der Waals surface area contributed by atoms with E-state index in [9.17, 15) is 4.79 Å². The molecule has 2 aromatic carbocycles. The number of anilines is 1. The summed E-state index contributed by atoms with van der Waals surface area (Å²) < 4.78 is 1.19. The second-order valence-corrected chi connectivity index (χ2v) is 9.54. The summed E-state index contributed by atoms with van der Waals surface area (Å²) in [6.45, 7) is 2.49. The van der Waals surface area contributed by atoms with Crippen LogP contribution in [0.5, 0.6) is 0 Å². The van der Waals surface area contributed by atoms with Crippen molar-refractivity contribution in [1.29, 1.82) is 0 Å². The smallest absolute Gasteiger partial charge is 0.303 e. The highest BCUT2D eigenvalue weighted by molar-refractivity contribution is 14.1. The molecule has 0 fully saturated rings. The van der Waals surface area contributed by atoms with E-state index in [4.69, 9.17) is 17.3 Å². The molecule has 0 saturated heterocycles. The largest absolute Gasteiger partial charge is 0.481 e. The van der Waals surface area contributed by atoms with Gasteiger partial charge in [-0.2, -0.15) is 0 Å². The first-order chi connectivity index (χ1) is 15.0. The molecule has 2 aromatic rings. The highest BCUT2D eigenvalue weighted by Gasteiger charge is 2.25. The van der Waals surface area contributed by atoms with Gasteiger partial charge in [0.25, 0.3) is 0 Å². The number of halogens is 1. The molecule has 1 unspecified atom stereocenters. The highest BCUT2D eigenvalue weighted by Crippen LogP contribution is 2.34. The lowest BCUT2D eigenvalue weighted by atomic mass is 9.86. The van der Waals surface area contributed by atoms with Crippen LogP contribution in [0.2, 0.25) is 0 Å². The number of carbonyl (C=O) groups is 1. The molecular weight excluding hydrogens is 521 g/mol. The van der Waals surface area contributed by atoms with Crippen LogP contribution in [0.25, 0.3) is 0 Å². The molecule has 3 N–H and O–H groups in total. The molecule has 1 aliphatic rings. The maximum Gasteiger partial charge on any atom is 0.303 e. The number of nitrogens with zero attached hydrogens (tertiary/aromatic N) is 1. The van der Waals surface area contributed by atoms with Gasteiger partial charge in [-0.3, -0.25) is 9.69 Å². The number of fused-ring (bicyclic) bond motifs is 1. The quantitative estimate of drug-likeness (QED) is 0.214. The predicted octanol–water partition coefficient (Wildman–Crippen LogP) is 5.21. The van der Waals surface area contributed by atoms with Crippen molar-refractivity contribution in [3.63, 3.8) is 0 Å². The number of thiocarbonyl (C=S) groups is 1. The molecule has 1 aliphatic carbocycles. The molecule has 0 bridgehead atoms. The minimum absolute atomic E-state index is 0.215. The monoisotopic (exact) mass is 551 g/mol. The average molecular weight is 551 g/mol. The van der Waals surface area contributed by atoms with Gasteiger partial charge in [-0.05, 0) is 109 Å². The Morgan fingerprint density at radius 1 is 1.13 bits per heavy atom. The molecular formula is C24H30IN3O2S. The number of rotatable bonds is 10. The summed E-state index contributed by atoms with van der Waals surface area (Å²) >= 11 is 7.70. The van der Waals surface area contributed by atoms with E-state index in [0.717, 1.165) is 44.6 Å². The van der Waals surface area contributed by atoms with E-state index in [1.54, 1.807) is 0 Å². The molecule has 31 heavy (non-hydrogen) atoms. The average Bonchev–Trinajstić information content (AvgIpc) is 2.76. The Labute approximate surface area is 203 Å². The lowest BCUT2D eigenvalue weighted by Crippen LogP contribution is -2.36. The topological polar surface area (TPSA) is 64.6 Å². The second-order valence-electron chi connectivity index (χ2n) is 7.88. The standard InChI is InChI=1S/C24H30IN3O2S/c25-19-11-13-20(14-12-19)27-24(31)26-15-5-17-28(16-4-10-23(29)30)22-9-3-7-18-6-1-2-8-21(18)22/h1-2,6,8,11-14,22H,3-5,7,9-10,15-17H2,(H,29,30)(H2,26,27,31). The van der Waals surface area contributed by atoms with Crippen LogP contribution in [-0.4, -0.2) is 40.7 Å². The van der Waals surface area contributed by atoms with Gasteiger partial charge in [0.1, 0.15) is 0 Å². The van der Waals surface area contributed by atoms with Crippen molar-refractivity contribution in [2.45, 2.75) is 44.6 Å². The number of nitrogens with one attached hydrogen (secondary N) is 2. The highest BCUT2D eigenvalue weighted by atomic mass is 127. The Hall–Kier alpha value is -1.71. The third kappa shape index (κ3) is 7.73. The maximum absolute atomic E-state index is 11.0. The molecule has 166 valence electrons. The van der Waals surface area contributed by atoms with Gasteiger partial charge < -0.3 is 15.7 Å². The molecule has 0 aliphatic heterocycles. The first kappa shape index (κ1) is 23.9. The maximum atomic E-state index is 11.0. The molecule has 0 heterocycles. The van der Waals surface area contributed by atoms with Crippen LogP contribution in [0.15, 0.2) is 48.5 Å². The predicted molar refractivity (Wildman–Crippen MR) is 139 cm³/mol. The SMILES string of the molecule is O=C(O)CCCN(CCCNC(=S)Nc1ccc(I)cc1)C1CCCc2ccccc21. The molecule has 0 radical (unpaired) electrons. The van der Waals surface area contributed by atoms with Crippen LogP contribution in [0.3, 0.4) is 0 Å². The fourth-order valence-electron chi connectivity index (χ4n) is 4.16. The summed E-state index contributed by atoms with van der Waals surface area (Å²) in [4.78, 5) is 13.5. The zero-order valence-electron chi connectivity index (χ0n) is 17.6. The van der Waals surface area contributed by atoms with Crippen LogP contribution in [-0.2, 0) is 11.2 Å². The Morgan fingerprint density at radius 2 is 1.87 bits per heavy atom. The van der Waals surface area contributed by atoms with E-state index in [1.807, 2.05) is 24.3 Å². The summed E-state index contributed by atoms with van der Waals surface area (Å²) in [7, 11) is 0. The Bertz CT molecular complexity index is 875. The number of hydrogen-bond donors (Lipinski definition) is 3. The van der Waals surface area contributed by atoms with Gasteiger partial charge in [0.2, 0.25) is 0 Å². The molecule has 0 amide bonds. The first-order valence-corrected chi connectivity index (χ1v) is 12.4. The van der Waals surface area contributed by atoms with E-state index >= 15 is 0 Å². The number of carboxylic acid groups (broad SMARTS) is 1. The van der Waals surface area contributed by atoms with Crippen molar-refractivity contribution in [2.24, 2.45) is 0 Å². The molecule has 0 aromatic heterocycles. The summed E-state index contributed by atoms with van der Waals surface area (Å²) in [5.74, 6) is -0.724. The van der Waals surface area contributed by atoms with Gasteiger partial charge >= 0.3 is 5.97 Å². The lowest BCUT2D eigenvalue weighted by Gasteiger charge is -2.36. The van der Waals surface area contributed by atoms with Crippen molar-refractivity contribution >= 4 is 51.6 Å². The molecule has 1 atom stereocenters. The van der Waals surface area contributed by atoms with E-state index in [0.29, 0.717) is 17.6 Å². The lowest BCUT2D eigenvalue weighted by molar-refractivity contribution is -0.137. The number of benzene rings is 2. The van der Waals surface area contributed by atoms with Gasteiger partial charge in [-0.1, -0.05) is 24.3 Å². The zero-order valence-corrected chi connectivity index (χ0v) is 20.6. The Kier molecular flexibility index (Phi) is 9.54. The fraction of sp³-hybridized carbons (Fsp3) is 0.417. The summed E-state index contributed by atoms with van der Waals surface area (Å²) in [6.07, 6.45) is 5.28. The van der Waals surface area contributed by atoms with Crippen molar-refractivity contribution in [2.75, 3.05) is 25.0 Å². The van der Waals surface area contributed by atoms with Gasteiger partial charge in [-0.25, -0.2) is 0 Å². The zero-order chi connectivity index (χ0) is 22.1.